The molecule has 2 aromatic carbocycles. The van der Waals surface area contributed by atoms with Crippen molar-refractivity contribution in [2.75, 3.05) is 6.54 Å². The van der Waals surface area contributed by atoms with Crippen molar-refractivity contribution in [3.8, 4) is 0 Å². The summed E-state index contributed by atoms with van der Waals surface area (Å²) in [6.45, 7) is 6.14. The van der Waals surface area contributed by atoms with Crippen LogP contribution in [0.5, 0.6) is 0 Å². The van der Waals surface area contributed by atoms with Gasteiger partial charge in [0.15, 0.2) is 0 Å². The van der Waals surface area contributed by atoms with Gasteiger partial charge in [-0.05, 0) is 56.5 Å². The maximum Gasteiger partial charge on any atom is 0.0494 e. The molecule has 1 aromatic heterocycles. The first-order valence-electron chi connectivity index (χ1n) is 7.40. The van der Waals surface area contributed by atoms with E-state index in [1.54, 1.807) is 0 Å². The molecule has 0 amide bonds. The van der Waals surface area contributed by atoms with E-state index in [0.29, 0.717) is 0 Å². The Hall–Kier alpha value is -1.80. The Kier molecular flexibility index (Phi) is 3.49. The fraction of sp³-hybridized carbons (Fsp3) is 0.333. The number of nitrogens with zero attached hydrogens (tertiary/aromatic N) is 1. The molecule has 0 aliphatic rings. The van der Waals surface area contributed by atoms with Crippen LogP contribution >= 0.6 is 0 Å². The van der Waals surface area contributed by atoms with E-state index in [4.69, 9.17) is 5.73 Å². The van der Waals surface area contributed by atoms with Crippen LogP contribution in [0, 0.1) is 13.8 Å². The van der Waals surface area contributed by atoms with Gasteiger partial charge < -0.3 is 10.3 Å². The zero-order valence-electron chi connectivity index (χ0n) is 12.3. The second kappa shape index (κ2) is 5.29. The lowest BCUT2D eigenvalue weighted by molar-refractivity contribution is 0.643. The lowest BCUT2D eigenvalue weighted by Gasteiger charge is -2.07. The molecule has 0 spiro atoms. The molecule has 3 aromatic rings. The van der Waals surface area contributed by atoms with E-state index in [1.165, 1.54) is 32.9 Å². The maximum atomic E-state index is 5.63. The number of aryl methyl sites for hydroxylation is 3. The molecule has 0 bridgehead atoms. The molecule has 2 heteroatoms. The normalized spacial score (nSPS) is 11.6. The molecule has 3 rings (SSSR count). The summed E-state index contributed by atoms with van der Waals surface area (Å²) in [5.74, 6) is 0. The van der Waals surface area contributed by atoms with Gasteiger partial charge in [0.2, 0.25) is 0 Å². The summed E-state index contributed by atoms with van der Waals surface area (Å²) in [4.78, 5) is 0. The van der Waals surface area contributed by atoms with Gasteiger partial charge in [0.25, 0.3) is 0 Å². The van der Waals surface area contributed by atoms with Crippen molar-refractivity contribution in [1.82, 2.24) is 4.57 Å². The predicted molar refractivity (Wildman–Crippen MR) is 87.2 cm³/mol. The summed E-state index contributed by atoms with van der Waals surface area (Å²) in [5, 5.41) is 2.72. The number of hydrogen-bond acceptors (Lipinski definition) is 1. The summed E-state index contributed by atoms with van der Waals surface area (Å²) < 4.78 is 2.46. The van der Waals surface area contributed by atoms with Crippen molar-refractivity contribution >= 4 is 21.8 Å². The lowest BCUT2D eigenvalue weighted by Crippen LogP contribution is -2.03. The molecule has 0 unspecified atom stereocenters. The van der Waals surface area contributed by atoms with E-state index in [-0.39, 0.29) is 0 Å². The number of unbranched alkanes of at least 4 members (excludes halogenated alkanes) is 1. The van der Waals surface area contributed by atoms with Crippen molar-refractivity contribution in [2.24, 2.45) is 5.73 Å². The van der Waals surface area contributed by atoms with Crippen LogP contribution < -0.4 is 5.73 Å². The van der Waals surface area contributed by atoms with Gasteiger partial charge in [-0.15, -0.1) is 0 Å². The highest BCUT2D eigenvalue weighted by atomic mass is 15.0. The van der Waals surface area contributed by atoms with Crippen LogP contribution in [0.4, 0.5) is 0 Å². The molecule has 2 nitrogen and oxygen atoms in total. The molecule has 0 radical (unpaired) electrons. The minimum Gasteiger partial charge on any atom is -0.340 e. The van der Waals surface area contributed by atoms with Crippen molar-refractivity contribution < 1.29 is 0 Å². The van der Waals surface area contributed by atoms with Gasteiger partial charge >= 0.3 is 0 Å². The Bertz CT molecular complexity index is 694. The third-order valence-electron chi connectivity index (χ3n) is 4.01. The van der Waals surface area contributed by atoms with Crippen LogP contribution in [0.3, 0.4) is 0 Å². The Morgan fingerprint density at radius 2 is 1.40 bits per heavy atom. The zero-order valence-corrected chi connectivity index (χ0v) is 12.3. The number of nitrogens with two attached hydrogens (primary N) is 1. The van der Waals surface area contributed by atoms with E-state index < -0.39 is 0 Å². The highest BCUT2D eigenvalue weighted by molar-refractivity contribution is 6.08. The molecule has 0 aliphatic carbocycles. The summed E-state index contributed by atoms with van der Waals surface area (Å²) in [5.41, 5.74) is 11.0. The molecular formula is C18H22N2. The quantitative estimate of drug-likeness (QED) is 0.707. The van der Waals surface area contributed by atoms with Crippen LogP contribution in [0.1, 0.15) is 24.0 Å². The van der Waals surface area contributed by atoms with Gasteiger partial charge in [0, 0.05) is 28.4 Å². The van der Waals surface area contributed by atoms with Gasteiger partial charge in [-0.1, -0.05) is 24.3 Å². The van der Waals surface area contributed by atoms with E-state index in [2.05, 4.69) is 54.8 Å². The lowest BCUT2D eigenvalue weighted by atomic mass is 10.1. The summed E-state index contributed by atoms with van der Waals surface area (Å²) in [7, 11) is 0. The number of benzene rings is 2. The first-order valence-corrected chi connectivity index (χ1v) is 7.40. The molecule has 20 heavy (non-hydrogen) atoms. The van der Waals surface area contributed by atoms with E-state index in [9.17, 15) is 0 Å². The Morgan fingerprint density at radius 1 is 0.850 bits per heavy atom. The number of hydrogen-bond donors (Lipinski definition) is 1. The molecule has 0 saturated carbocycles. The molecule has 0 saturated heterocycles. The standard InChI is InChI=1S/C18H22N2/c1-13-5-7-15-16-8-6-14(2)12-18(16)20(17(15)11-13)10-4-3-9-19/h5-8,11-12H,3-4,9-10,19H2,1-2H3. The average molecular weight is 266 g/mol. The largest absolute Gasteiger partial charge is 0.340 e. The number of fused-ring (bicyclic) bond motifs is 3. The number of rotatable bonds is 4. The average Bonchev–Trinajstić information content (AvgIpc) is 2.72. The van der Waals surface area contributed by atoms with Crippen molar-refractivity contribution in [1.29, 1.82) is 0 Å². The van der Waals surface area contributed by atoms with Gasteiger partial charge in [0.1, 0.15) is 0 Å². The summed E-state index contributed by atoms with van der Waals surface area (Å²) in [6.07, 6.45) is 2.22. The molecule has 0 atom stereocenters. The molecule has 2 N–H and O–H groups in total. The predicted octanol–water partition coefficient (Wildman–Crippen LogP) is 4.15. The molecule has 0 fully saturated rings. The van der Waals surface area contributed by atoms with Crippen molar-refractivity contribution in [3.63, 3.8) is 0 Å². The highest BCUT2D eigenvalue weighted by Gasteiger charge is 2.10. The third-order valence-corrected chi connectivity index (χ3v) is 4.01. The maximum absolute atomic E-state index is 5.63. The van der Waals surface area contributed by atoms with E-state index in [1.807, 2.05) is 0 Å². The summed E-state index contributed by atoms with van der Waals surface area (Å²) in [6, 6.07) is 13.5. The van der Waals surface area contributed by atoms with Gasteiger partial charge in [-0.2, -0.15) is 0 Å². The second-order valence-electron chi connectivity index (χ2n) is 5.69. The fourth-order valence-electron chi connectivity index (χ4n) is 2.97. The van der Waals surface area contributed by atoms with Crippen LogP contribution in [-0.4, -0.2) is 11.1 Å². The summed E-state index contributed by atoms with van der Waals surface area (Å²) >= 11 is 0. The van der Waals surface area contributed by atoms with Crippen LogP contribution in [0.25, 0.3) is 21.8 Å². The first kappa shape index (κ1) is 13.2. The van der Waals surface area contributed by atoms with Gasteiger partial charge in [-0.25, -0.2) is 0 Å². The topological polar surface area (TPSA) is 30.9 Å². The molecule has 104 valence electrons. The minimum absolute atomic E-state index is 0.773. The highest BCUT2D eigenvalue weighted by Crippen LogP contribution is 2.30. The van der Waals surface area contributed by atoms with Crippen LogP contribution in [0.15, 0.2) is 36.4 Å². The Morgan fingerprint density at radius 3 is 1.90 bits per heavy atom. The van der Waals surface area contributed by atoms with Gasteiger partial charge in [-0.3, -0.25) is 0 Å². The van der Waals surface area contributed by atoms with Crippen molar-refractivity contribution in [2.45, 2.75) is 33.2 Å². The monoisotopic (exact) mass is 266 g/mol. The molecular weight excluding hydrogens is 244 g/mol. The molecule has 1 heterocycles. The van der Waals surface area contributed by atoms with Gasteiger partial charge in [0.05, 0.1) is 0 Å². The van der Waals surface area contributed by atoms with E-state index in [0.717, 1.165) is 25.9 Å². The minimum atomic E-state index is 0.773. The Labute approximate surface area is 120 Å². The molecule has 0 aliphatic heterocycles. The fourth-order valence-corrected chi connectivity index (χ4v) is 2.97. The van der Waals surface area contributed by atoms with Crippen LogP contribution in [-0.2, 0) is 6.54 Å². The first-order chi connectivity index (χ1) is 9.70. The van der Waals surface area contributed by atoms with Crippen molar-refractivity contribution in [3.05, 3.63) is 47.5 Å². The van der Waals surface area contributed by atoms with E-state index >= 15 is 0 Å². The smallest absolute Gasteiger partial charge is 0.0494 e. The zero-order chi connectivity index (χ0) is 14.1. The number of aromatic nitrogens is 1. The SMILES string of the molecule is Cc1ccc2c3ccc(C)cc3n(CCCCN)c2c1. The van der Waals surface area contributed by atoms with Crippen LogP contribution in [0.2, 0.25) is 0 Å². The second-order valence-corrected chi connectivity index (χ2v) is 5.69. The Balaban J connectivity index is 2.24. The third kappa shape index (κ3) is 2.20.